The Bertz CT molecular complexity index is 1160. The number of anilines is 1. The first-order chi connectivity index (χ1) is 18.7. The van der Waals surface area contributed by atoms with Gasteiger partial charge in [0.1, 0.15) is 23.7 Å². The van der Waals surface area contributed by atoms with Crippen molar-refractivity contribution in [2.45, 2.75) is 104 Å². The first kappa shape index (κ1) is 31.8. The molecule has 2 amide bonds. The Labute approximate surface area is 239 Å². The summed E-state index contributed by atoms with van der Waals surface area (Å²) in [6, 6.07) is 1.01. The van der Waals surface area contributed by atoms with Gasteiger partial charge < -0.3 is 34.3 Å². The van der Waals surface area contributed by atoms with Gasteiger partial charge in [-0.05, 0) is 53.5 Å². The van der Waals surface area contributed by atoms with Crippen LogP contribution in [0, 0.1) is 0 Å². The first-order valence-corrected chi connectivity index (χ1v) is 17.9. The number of amides is 2. The predicted octanol–water partition coefficient (Wildman–Crippen LogP) is 4.71. The largest absolute Gasteiger partial charge is 0.444 e. The minimum Gasteiger partial charge on any atom is -0.444 e. The Morgan fingerprint density at radius 1 is 1.25 bits per heavy atom. The quantitative estimate of drug-likeness (QED) is 0.292. The third-order valence-corrected chi connectivity index (χ3v) is 8.39. The number of carbonyl (C=O) groups excluding carboxylic acids is 2. The SMILES string of the molecule is COC[C@@H](C)NC(=O)c1cn(COCC[Si](C)(C)C)c2ncc(N[C@H]3CCN(C(=O)OC(C)(C)C)[C@@H](C)C3)nc12. The molecule has 0 radical (unpaired) electrons. The molecule has 40 heavy (non-hydrogen) atoms. The van der Waals surface area contributed by atoms with E-state index in [0.29, 0.717) is 49.0 Å². The van der Waals surface area contributed by atoms with Crippen molar-refractivity contribution >= 4 is 37.1 Å². The number of ether oxygens (including phenoxy) is 3. The molecular formula is C28H48N6O5Si. The highest BCUT2D eigenvalue weighted by atomic mass is 28.3. The molecule has 0 spiro atoms. The van der Waals surface area contributed by atoms with Crippen LogP contribution in [0.5, 0.6) is 0 Å². The van der Waals surface area contributed by atoms with Crippen molar-refractivity contribution in [3.8, 4) is 0 Å². The number of nitrogens with one attached hydrogen (secondary N) is 2. The summed E-state index contributed by atoms with van der Waals surface area (Å²) in [5.74, 6) is 0.355. The van der Waals surface area contributed by atoms with Crippen LogP contribution in [-0.2, 0) is 20.9 Å². The van der Waals surface area contributed by atoms with E-state index >= 15 is 0 Å². The highest BCUT2D eigenvalue weighted by Crippen LogP contribution is 2.25. The maximum atomic E-state index is 13.2. The smallest absolute Gasteiger partial charge is 0.410 e. The Morgan fingerprint density at radius 2 is 1.98 bits per heavy atom. The van der Waals surface area contributed by atoms with Crippen LogP contribution < -0.4 is 10.6 Å². The number of piperidine rings is 1. The zero-order valence-electron chi connectivity index (χ0n) is 25.7. The first-order valence-electron chi connectivity index (χ1n) is 14.2. The number of hydrogen-bond acceptors (Lipinski definition) is 8. The lowest BCUT2D eigenvalue weighted by Gasteiger charge is -2.38. The third kappa shape index (κ3) is 9.17. The van der Waals surface area contributed by atoms with Crippen molar-refractivity contribution in [1.82, 2.24) is 24.8 Å². The van der Waals surface area contributed by atoms with Crippen LogP contribution in [0.2, 0.25) is 25.7 Å². The molecule has 1 fully saturated rings. The highest BCUT2D eigenvalue weighted by Gasteiger charge is 2.32. The summed E-state index contributed by atoms with van der Waals surface area (Å²) in [7, 11) is 0.387. The summed E-state index contributed by atoms with van der Waals surface area (Å²) in [5.41, 5.74) is 1.02. The summed E-state index contributed by atoms with van der Waals surface area (Å²) < 4.78 is 18.5. The van der Waals surface area contributed by atoms with Gasteiger partial charge in [-0.25, -0.2) is 14.8 Å². The van der Waals surface area contributed by atoms with Crippen molar-refractivity contribution in [3.63, 3.8) is 0 Å². The average molecular weight is 577 g/mol. The molecule has 3 atom stereocenters. The van der Waals surface area contributed by atoms with E-state index in [-0.39, 0.29) is 30.1 Å². The topological polar surface area (TPSA) is 120 Å². The van der Waals surface area contributed by atoms with Crippen molar-refractivity contribution < 1.29 is 23.8 Å². The second kappa shape index (κ2) is 13.3. The average Bonchev–Trinajstić information content (AvgIpc) is 3.18. The van der Waals surface area contributed by atoms with Gasteiger partial charge in [0.15, 0.2) is 5.65 Å². The minimum absolute atomic E-state index is 0.00999. The van der Waals surface area contributed by atoms with E-state index in [1.807, 2.05) is 39.2 Å². The van der Waals surface area contributed by atoms with Gasteiger partial charge in [-0.1, -0.05) is 19.6 Å². The second-order valence-electron chi connectivity index (χ2n) is 13.0. The molecule has 1 aliphatic heterocycles. The highest BCUT2D eigenvalue weighted by molar-refractivity contribution is 6.76. The molecule has 0 aromatic carbocycles. The van der Waals surface area contributed by atoms with E-state index < -0.39 is 13.7 Å². The van der Waals surface area contributed by atoms with E-state index in [0.717, 1.165) is 18.9 Å². The van der Waals surface area contributed by atoms with Crippen molar-refractivity contribution in [3.05, 3.63) is 18.0 Å². The fourth-order valence-corrected chi connectivity index (χ4v) is 5.38. The van der Waals surface area contributed by atoms with E-state index in [4.69, 9.17) is 19.2 Å². The molecule has 0 aliphatic carbocycles. The Morgan fingerprint density at radius 3 is 2.60 bits per heavy atom. The van der Waals surface area contributed by atoms with Crippen LogP contribution in [0.3, 0.4) is 0 Å². The van der Waals surface area contributed by atoms with Crippen LogP contribution >= 0.6 is 0 Å². The molecule has 0 bridgehead atoms. The van der Waals surface area contributed by atoms with Gasteiger partial charge in [-0.2, -0.15) is 0 Å². The summed E-state index contributed by atoms with van der Waals surface area (Å²) in [6.07, 6.45) is 4.66. The normalized spacial score (nSPS) is 19.0. The van der Waals surface area contributed by atoms with E-state index in [9.17, 15) is 9.59 Å². The molecule has 11 nitrogen and oxygen atoms in total. The van der Waals surface area contributed by atoms with Gasteiger partial charge in [0.2, 0.25) is 0 Å². The van der Waals surface area contributed by atoms with Crippen molar-refractivity contribution in [2.75, 3.05) is 32.2 Å². The van der Waals surface area contributed by atoms with Crippen LogP contribution in [0.25, 0.3) is 11.2 Å². The molecule has 2 aromatic rings. The third-order valence-electron chi connectivity index (χ3n) is 6.69. The Hall–Kier alpha value is -2.70. The van der Waals surface area contributed by atoms with Crippen LogP contribution in [0.1, 0.15) is 57.8 Å². The zero-order valence-corrected chi connectivity index (χ0v) is 26.7. The maximum Gasteiger partial charge on any atom is 0.410 e. The molecule has 224 valence electrons. The van der Waals surface area contributed by atoms with Crippen LogP contribution in [-0.4, -0.2) is 90.1 Å². The molecule has 1 saturated heterocycles. The predicted molar refractivity (Wildman–Crippen MR) is 159 cm³/mol. The van der Waals surface area contributed by atoms with Gasteiger partial charge >= 0.3 is 6.09 Å². The van der Waals surface area contributed by atoms with Crippen LogP contribution in [0.4, 0.5) is 10.6 Å². The monoisotopic (exact) mass is 576 g/mol. The lowest BCUT2D eigenvalue weighted by molar-refractivity contribution is 0.0112. The number of nitrogens with zero attached hydrogens (tertiary/aromatic N) is 4. The lowest BCUT2D eigenvalue weighted by Crippen LogP contribution is -2.49. The van der Waals surface area contributed by atoms with Gasteiger partial charge in [0, 0.05) is 52.7 Å². The number of rotatable bonds is 11. The number of fused-ring (bicyclic) bond motifs is 1. The number of methoxy groups -OCH3 is 1. The number of hydrogen-bond donors (Lipinski definition) is 2. The van der Waals surface area contributed by atoms with E-state index in [2.05, 4.69) is 35.3 Å². The number of aromatic nitrogens is 3. The molecule has 2 N–H and O–H groups in total. The maximum absolute atomic E-state index is 13.2. The summed E-state index contributed by atoms with van der Waals surface area (Å²) in [6.45, 7) is 18.4. The van der Waals surface area contributed by atoms with Crippen LogP contribution in [0.15, 0.2) is 12.4 Å². The lowest BCUT2D eigenvalue weighted by atomic mass is 9.99. The van der Waals surface area contributed by atoms with E-state index in [1.54, 1.807) is 24.4 Å². The van der Waals surface area contributed by atoms with E-state index in [1.165, 1.54) is 0 Å². The molecule has 2 aromatic heterocycles. The van der Waals surface area contributed by atoms with Gasteiger partial charge in [0.05, 0.1) is 18.4 Å². The minimum atomic E-state index is -1.22. The van der Waals surface area contributed by atoms with Gasteiger partial charge in [0.25, 0.3) is 5.91 Å². The Balaban J connectivity index is 1.76. The van der Waals surface area contributed by atoms with Gasteiger partial charge in [-0.3, -0.25) is 4.79 Å². The molecule has 1 aliphatic rings. The summed E-state index contributed by atoms with van der Waals surface area (Å²) >= 11 is 0. The second-order valence-corrected chi connectivity index (χ2v) is 18.6. The molecule has 3 heterocycles. The molecule has 12 heteroatoms. The number of likely N-dealkylation sites (tertiary alicyclic amines) is 1. The zero-order chi connectivity index (χ0) is 29.7. The Kier molecular flexibility index (Phi) is 10.6. The molecular weight excluding hydrogens is 528 g/mol. The number of carbonyl (C=O) groups is 2. The summed E-state index contributed by atoms with van der Waals surface area (Å²) in [5, 5.41) is 6.45. The molecule has 0 saturated carbocycles. The fourth-order valence-electron chi connectivity index (χ4n) is 4.62. The molecule has 0 unspecified atom stereocenters. The van der Waals surface area contributed by atoms with Crippen molar-refractivity contribution in [2.24, 2.45) is 0 Å². The summed E-state index contributed by atoms with van der Waals surface area (Å²) in [4.78, 5) is 37.1. The van der Waals surface area contributed by atoms with Crippen molar-refractivity contribution in [1.29, 1.82) is 0 Å². The van der Waals surface area contributed by atoms with Gasteiger partial charge in [-0.15, -0.1) is 0 Å². The molecule has 3 rings (SSSR count). The fraction of sp³-hybridized carbons (Fsp3) is 0.714. The standard InChI is InChI=1S/C28H48N6O5Si/c1-19(17-37-6)30-26(35)22-16-33(18-38-12-13-40(7,8)9)25-24(22)32-23(15-29-25)31-21-10-11-34(20(2)14-21)27(36)39-28(3,4)5/h15-16,19-21H,10-14,17-18H2,1-9H3,(H,30,35)(H,31,32)/t19-,20+,21+/m1/s1.